The van der Waals surface area contributed by atoms with Gasteiger partial charge in [0.25, 0.3) is 0 Å². The van der Waals surface area contributed by atoms with Crippen LogP contribution < -0.4 is 5.73 Å². The molecular weight excluding hydrogens is 262 g/mol. The van der Waals surface area contributed by atoms with Crippen molar-refractivity contribution in [3.63, 3.8) is 0 Å². The molecule has 0 unspecified atom stereocenters. The number of hydrogen-bond donors (Lipinski definition) is 1. The lowest BCUT2D eigenvalue weighted by Crippen LogP contribution is -2.05. The molecule has 0 saturated carbocycles. The van der Waals surface area contributed by atoms with Crippen LogP contribution in [0.3, 0.4) is 0 Å². The van der Waals surface area contributed by atoms with Gasteiger partial charge in [0.15, 0.2) is 5.82 Å². The standard InChI is InChI=1S/C16H17N5/c1-2-7-12-8-3-6-11-15(12)21-16(18-19-20-21)13-9-4-5-10-14(13)17/h3-6,8-11H,2,7,17H2,1H3. The van der Waals surface area contributed by atoms with Crippen molar-refractivity contribution < 1.29 is 0 Å². The Balaban J connectivity index is 2.14. The Kier molecular flexibility index (Phi) is 3.64. The number of tetrazole rings is 1. The molecule has 0 atom stereocenters. The van der Waals surface area contributed by atoms with E-state index in [1.807, 2.05) is 42.5 Å². The summed E-state index contributed by atoms with van der Waals surface area (Å²) in [4.78, 5) is 0. The van der Waals surface area contributed by atoms with E-state index < -0.39 is 0 Å². The first-order chi connectivity index (χ1) is 10.3. The Hall–Kier alpha value is -2.69. The number of nitrogens with zero attached hydrogens (tertiary/aromatic N) is 4. The highest BCUT2D eigenvalue weighted by Crippen LogP contribution is 2.26. The van der Waals surface area contributed by atoms with Gasteiger partial charge >= 0.3 is 0 Å². The second-order valence-corrected chi connectivity index (χ2v) is 4.88. The van der Waals surface area contributed by atoms with Crippen molar-refractivity contribution >= 4 is 5.69 Å². The molecule has 0 fully saturated rings. The number of aryl methyl sites for hydroxylation is 1. The fourth-order valence-electron chi connectivity index (χ4n) is 2.42. The van der Waals surface area contributed by atoms with Crippen LogP contribution in [0.1, 0.15) is 18.9 Å². The van der Waals surface area contributed by atoms with E-state index in [0.29, 0.717) is 11.5 Å². The lowest BCUT2D eigenvalue weighted by molar-refractivity contribution is 0.777. The van der Waals surface area contributed by atoms with E-state index in [9.17, 15) is 0 Å². The normalized spacial score (nSPS) is 10.7. The van der Waals surface area contributed by atoms with E-state index in [0.717, 1.165) is 24.1 Å². The molecular formula is C16H17N5. The quantitative estimate of drug-likeness (QED) is 0.745. The van der Waals surface area contributed by atoms with E-state index in [-0.39, 0.29) is 0 Å². The van der Waals surface area contributed by atoms with Crippen molar-refractivity contribution in [3.05, 3.63) is 54.1 Å². The number of rotatable bonds is 4. The number of para-hydroxylation sites is 2. The molecule has 5 nitrogen and oxygen atoms in total. The maximum Gasteiger partial charge on any atom is 0.189 e. The molecule has 3 aromatic rings. The van der Waals surface area contributed by atoms with Crippen molar-refractivity contribution in [3.8, 4) is 17.1 Å². The van der Waals surface area contributed by atoms with Crippen molar-refractivity contribution in [2.45, 2.75) is 19.8 Å². The molecule has 0 spiro atoms. The minimum Gasteiger partial charge on any atom is -0.398 e. The highest BCUT2D eigenvalue weighted by Gasteiger charge is 2.14. The van der Waals surface area contributed by atoms with Gasteiger partial charge in [0, 0.05) is 11.3 Å². The molecule has 1 heterocycles. The van der Waals surface area contributed by atoms with Gasteiger partial charge in [-0.3, -0.25) is 0 Å². The van der Waals surface area contributed by atoms with Gasteiger partial charge in [-0.2, -0.15) is 4.68 Å². The lowest BCUT2D eigenvalue weighted by atomic mass is 10.1. The lowest BCUT2D eigenvalue weighted by Gasteiger charge is -2.10. The van der Waals surface area contributed by atoms with Gasteiger partial charge in [-0.05, 0) is 40.6 Å². The van der Waals surface area contributed by atoms with Gasteiger partial charge in [0.05, 0.1) is 5.69 Å². The van der Waals surface area contributed by atoms with Gasteiger partial charge in [-0.1, -0.05) is 43.7 Å². The van der Waals surface area contributed by atoms with Crippen LogP contribution in [0.25, 0.3) is 17.1 Å². The molecule has 5 heteroatoms. The third-order valence-corrected chi connectivity index (χ3v) is 3.41. The van der Waals surface area contributed by atoms with Gasteiger partial charge in [0.2, 0.25) is 0 Å². The Labute approximate surface area is 123 Å². The summed E-state index contributed by atoms with van der Waals surface area (Å²) in [7, 11) is 0. The van der Waals surface area contributed by atoms with Crippen molar-refractivity contribution in [2.75, 3.05) is 5.73 Å². The highest BCUT2D eigenvalue weighted by molar-refractivity contribution is 5.72. The first-order valence-electron chi connectivity index (χ1n) is 7.02. The Bertz CT molecular complexity index is 748. The van der Waals surface area contributed by atoms with Crippen molar-refractivity contribution in [2.24, 2.45) is 0 Å². The molecule has 1 aromatic heterocycles. The topological polar surface area (TPSA) is 69.6 Å². The summed E-state index contributed by atoms with van der Waals surface area (Å²) in [6.07, 6.45) is 2.06. The first kappa shape index (κ1) is 13.3. The number of hydrogen-bond acceptors (Lipinski definition) is 4. The van der Waals surface area contributed by atoms with Crippen LogP contribution in [0.15, 0.2) is 48.5 Å². The van der Waals surface area contributed by atoms with Crippen molar-refractivity contribution in [1.29, 1.82) is 0 Å². The molecule has 2 aromatic carbocycles. The average Bonchev–Trinajstić information content (AvgIpc) is 2.98. The molecule has 106 valence electrons. The zero-order valence-corrected chi connectivity index (χ0v) is 11.9. The molecule has 0 radical (unpaired) electrons. The summed E-state index contributed by atoms with van der Waals surface area (Å²) in [5.41, 5.74) is 9.78. The molecule has 2 N–H and O–H groups in total. The number of aromatic nitrogens is 4. The third-order valence-electron chi connectivity index (χ3n) is 3.41. The molecule has 0 saturated heterocycles. The zero-order valence-electron chi connectivity index (χ0n) is 11.9. The largest absolute Gasteiger partial charge is 0.398 e. The van der Waals surface area contributed by atoms with Crippen LogP contribution in [0.2, 0.25) is 0 Å². The predicted octanol–water partition coefficient (Wildman–Crippen LogP) is 2.86. The van der Waals surface area contributed by atoms with Gasteiger partial charge < -0.3 is 5.73 Å². The predicted molar refractivity (Wildman–Crippen MR) is 83.0 cm³/mol. The fourth-order valence-corrected chi connectivity index (χ4v) is 2.42. The van der Waals surface area contributed by atoms with E-state index in [1.165, 1.54) is 5.56 Å². The molecule has 0 aliphatic rings. The number of nitrogen functional groups attached to an aromatic ring is 1. The molecule has 0 aliphatic carbocycles. The average molecular weight is 279 g/mol. The van der Waals surface area contributed by atoms with Crippen LogP contribution in [0.5, 0.6) is 0 Å². The second-order valence-electron chi connectivity index (χ2n) is 4.88. The van der Waals surface area contributed by atoms with Crippen LogP contribution >= 0.6 is 0 Å². The molecule has 0 aliphatic heterocycles. The number of nitrogens with two attached hydrogens (primary N) is 1. The Morgan fingerprint density at radius 2 is 1.81 bits per heavy atom. The molecule has 21 heavy (non-hydrogen) atoms. The van der Waals surface area contributed by atoms with Crippen LogP contribution in [-0.4, -0.2) is 20.2 Å². The summed E-state index contributed by atoms with van der Waals surface area (Å²) in [6.45, 7) is 2.16. The monoisotopic (exact) mass is 279 g/mol. The molecule has 0 amide bonds. The summed E-state index contributed by atoms with van der Waals surface area (Å²) in [5, 5.41) is 12.1. The number of benzene rings is 2. The Morgan fingerprint density at radius 1 is 1.05 bits per heavy atom. The maximum absolute atomic E-state index is 6.05. The smallest absolute Gasteiger partial charge is 0.189 e. The van der Waals surface area contributed by atoms with Crippen LogP contribution in [-0.2, 0) is 6.42 Å². The van der Waals surface area contributed by atoms with E-state index in [2.05, 4.69) is 28.5 Å². The molecule has 0 bridgehead atoms. The number of anilines is 1. The highest BCUT2D eigenvalue weighted by atomic mass is 15.5. The minimum atomic E-state index is 0.664. The SMILES string of the molecule is CCCc1ccccc1-n1nnnc1-c1ccccc1N. The fraction of sp³-hybridized carbons (Fsp3) is 0.188. The van der Waals surface area contributed by atoms with Crippen molar-refractivity contribution in [1.82, 2.24) is 20.2 Å². The van der Waals surface area contributed by atoms with E-state index in [1.54, 1.807) is 4.68 Å². The minimum absolute atomic E-state index is 0.664. The van der Waals surface area contributed by atoms with E-state index >= 15 is 0 Å². The second kappa shape index (κ2) is 5.75. The van der Waals surface area contributed by atoms with E-state index in [4.69, 9.17) is 5.73 Å². The maximum atomic E-state index is 6.05. The van der Waals surface area contributed by atoms with Crippen LogP contribution in [0, 0.1) is 0 Å². The first-order valence-corrected chi connectivity index (χ1v) is 7.02. The third kappa shape index (κ3) is 2.50. The zero-order chi connectivity index (χ0) is 14.7. The summed E-state index contributed by atoms with van der Waals surface area (Å²) >= 11 is 0. The van der Waals surface area contributed by atoms with Crippen LogP contribution in [0.4, 0.5) is 5.69 Å². The molecule has 3 rings (SSSR count). The van der Waals surface area contributed by atoms with Gasteiger partial charge in [-0.15, -0.1) is 5.10 Å². The van der Waals surface area contributed by atoms with Gasteiger partial charge in [-0.25, -0.2) is 0 Å². The summed E-state index contributed by atoms with van der Waals surface area (Å²) in [6, 6.07) is 15.8. The summed E-state index contributed by atoms with van der Waals surface area (Å²) < 4.78 is 1.76. The summed E-state index contributed by atoms with van der Waals surface area (Å²) in [5.74, 6) is 0.664. The Morgan fingerprint density at radius 3 is 2.62 bits per heavy atom. The van der Waals surface area contributed by atoms with Gasteiger partial charge in [0.1, 0.15) is 0 Å².